The molecule has 0 bridgehead atoms. The first-order valence-corrected chi connectivity index (χ1v) is 2.85. The Morgan fingerprint density at radius 2 is 2.27 bits per heavy atom. The van der Waals surface area contributed by atoms with Crippen LogP contribution in [-0.2, 0) is 0 Å². The van der Waals surface area contributed by atoms with E-state index in [0.29, 0.717) is 0 Å². The van der Waals surface area contributed by atoms with Crippen molar-refractivity contribution >= 4 is 11.9 Å². The van der Waals surface area contributed by atoms with Gasteiger partial charge < -0.3 is 14.5 Å². The average molecular weight is 157 g/mol. The Bertz CT molecular complexity index is 268. The van der Waals surface area contributed by atoms with Crippen LogP contribution in [0.4, 0.5) is 5.95 Å². The van der Waals surface area contributed by atoms with Crippen LogP contribution in [0, 0.1) is 0 Å². The van der Waals surface area contributed by atoms with Crippen molar-refractivity contribution in [2.45, 2.75) is 0 Å². The second-order valence-electron chi connectivity index (χ2n) is 2.10. The van der Waals surface area contributed by atoms with Crippen molar-refractivity contribution in [3.63, 3.8) is 0 Å². The molecule has 0 atom stereocenters. The first kappa shape index (κ1) is 7.52. The summed E-state index contributed by atoms with van der Waals surface area (Å²) in [5.41, 5.74) is 0. The summed E-state index contributed by atoms with van der Waals surface area (Å²) in [4.78, 5) is 15.3. The van der Waals surface area contributed by atoms with Gasteiger partial charge in [-0.2, -0.15) is 4.98 Å². The molecule has 0 aromatic carbocycles. The zero-order chi connectivity index (χ0) is 8.43. The highest BCUT2D eigenvalue weighted by Gasteiger charge is 2.13. The van der Waals surface area contributed by atoms with E-state index in [1.54, 1.807) is 19.0 Å². The van der Waals surface area contributed by atoms with E-state index in [0.717, 1.165) is 0 Å². The standard InChI is InChI=1S/C5H7N3O3/c1-8(2)5-6-3(4(9)10)11-7-5/h1-2H3,(H,9,10). The average Bonchev–Trinajstić information content (AvgIpc) is 2.33. The molecule has 60 valence electrons. The van der Waals surface area contributed by atoms with Gasteiger partial charge in [0.15, 0.2) is 0 Å². The first-order chi connectivity index (χ1) is 5.11. The molecule has 1 aromatic heterocycles. The molecule has 0 aliphatic heterocycles. The molecule has 0 fully saturated rings. The number of carboxylic acid groups (broad SMARTS) is 1. The summed E-state index contributed by atoms with van der Waals surface area (Å²) < 4.78 is 4.39. The molecule has 1 heterocycles. The number of aromatic carboxylic acids is 1. The molecule has 1 aromatic rings. The number of rotatable bonds is 2. The molecule has 0 spiro atoms. The van der Waals surface area contributed by atoms with Crippen LogP contribution in [0.1, 0.15) is 10.7 Å². The monoisotopic (exact) mass is 157 g/mol. The largest absolute Gasteiger partial charge is 0.474 e. The van der Waals surface area contributed by atoms with Gasteiger partial charge in [-0.1, -0.05) is 0 Å². The summed E-state index contributed by atoms with van der Waals surface area (Å²) >= 11 is 0. The van der Waals surface area contributed by atoms with Gasteiger partial charge in [-0.05, 0) is 5.16 Å². The second-order valence-corrected chi connectivity index (χ2v) is 2.10. The van der Waals surface area contributed by atoms with Crippen molar-refractivity contribution in [1.82, 2.24) is 10.1 Å². The maximum Gasteiger partial charge on any atom is 0.394 e. The lowest BCUT2D eigenvalue weighted by molar-refractivity contribution is 0.0643. The molecule has 0 radical (unpaired) electrons. The third-order valence-electron chi connectivity index (χ3n) is 0.998. The third-order valence-corrected chi connectivity index (χ3v) is 0.998. The van der Waals surface area contributed by atoms with Gasteiger partial charge in [-0.3, -0.25) is 0 Å². The van der Waals surface area contributed by atoms with Crippen LogP contribution < -0.4 is 4.90 Å². The van der Waals surface area contributed by atoms with Crippen LogP contribution >= 0.6 is 0 Å². The summed E-state index contributed by atoms with van der Waals surface area (Å²) in [6.45, 7) is 0. The molecule has 0 amide bonds. The normalized spacial score (nSPS) is 9.64. The number of hydrogen-bond donors (Lipinski definition) is 1. The zero-order valence-corrected chi connectivity index (χ0v) is 6.11. The Morgan fingerprint density at radius 3 is 2.55 bits per heavy atom. The number of hydrogen-bond acceptors (Lipinski definition) is 5. The zero-order valence-electron chi connectivity index (χ0n) is 6.11. The summed E-state index contributed by atoms with van der Waals surface area (Å²) in [6.07, 6.45) is 0. The van der Waals surface area contributed by atoms with Crippen molar-refractivity contribution < 1.29 is 14.4 Å². The molecule has 0 unspecified atom stereocenters. The van der Waals surface area contributed by atoms with E-state index < -0.39 is 11.9 Å². The minimum absolute atomic E-state index is 0.252. The van der Waals surface area contributed by atoms with Gasteiger partial charge in [0, 0.05) is 14.1 Å². The highest BCUT2D eigenvalue weighted by molar-refractivity contribution is 5.82. The second kappa shape index (κ2) is 2.57. The maximum absolute atomic E-state index is 10.2. The van der Waals surface area contributed by atoms with E-state index in [2.05, 4.69) is 14.7 Å². The van der Waals surface area contributed by atoms with Gasteiger partial charge in [0.1, 0.15) is 0 Å². The lowest BCUT2D eigenvalue weighted by Crippen LogP contribution is -2.10. The number of anilines is 1. The summed E-state index contributed by atoms with van der Waals surface area (Å²) in [5, 5.41) is 11.8. The fourth-order valence-corrected chi connectivity index (χ4v) is 0.484. The number of carbonyl (C=O) groups is 1. The van der Waals surface area contributed by atoms with Crippen molar-refractivity contribution in [1.29, 1.82) is 0 Å². The minimum atomic E-state index is -1.22. The SMILES string of the molecule is CN(C)c1noc(C(=O)O)n1. The summed E-state index contributed by atoms with van der Waals surface area (Å²) in [6, 6.07) is 0. The molecule has 6 nitrogen and oxygen atoms in total. The number of nitrogens with zero attached hydrogens (tertiary/aromatic N) is 3. The molecule has 0 saturated carbocycles. The predicted octanol–water partition coefficient (Wildman–Crippen LogP) is -0.166. The molecule has 1 N–H and O–H groups in total. The molecule has 6 heteroatoms. The van der Waals surface area contributed by atoms with E-state index in [1.165, 1.54) is 0 Å². The van der Waals surface area contributed by atoms with Gasteiger partial charge in [-0.15, -0.1) is 0 Å². The molecular weight excluding hydrogens is 150 g/mol. The number of aromatic nitrogens is 2. The molecule has 1 rings (SSSR count). The Hall–Kier alpha value is -1.59. The lowest BCUT2D eigenvalue weighted by Gasteiger charge is -2.01. The fraction of sp³-hybridized carbons (Fsp3) is 0.400. The van der Waals surface area contributed by atoms with E-state index in [1.807, 2.05) is 0 Å². The van der Waals surface area contributed by atoms with E-state index in [-0.39, 0.29) is 5.95 Å². The van der Waals surface area contributed by atoms with Gasteiger partial charge >= 0.3 is 11.9 Å². The smallest absolute Gasteiger partial charge is 0.394 e. The lowest BCUT2D eigenvalue weighted by atomic mass is 10.7. The highest BCUT2D eigenvalue weighted by atomic mass is 16.5. The third kappa shape index (κ3) is 1.46. The Labute approximate surface area is 62.4 Å². The van der Waals surface area contributed by atoms with Gasteiger partial charge in [0.2, 0.25) is 0 Å². The van der Waals surface area contributed by atoms with Crippen LogP contribution in [0.2, 0.25) is 0 Å². The van der Waals surface area contributed by atoms with Crippen LogP contribution in [0.15, 0.2) is 4.52 Å². The molecule has 0 aliphatic rings. The van der Waals surface area contributed by atoms with Crippen molar-refractivity contribution in [3.05, 3.63) is 5.89 Å². The van der Waals surface area contributed by atoms with Gasteiger partial charge in [-0.25, -0.2) is 4.79 Å². The van der Waals surface area contributed by atoms with Gasteiger partial charge in [0.25, 0.3) is 5.95 Å². The summed E-state index contributed by atoms with van der Waals surface area (Å²) in [7, 11) is 3.38. The van der Waals surface area contributed by atoms with E-state index in [4.69, 9.17) is 5.11 Å². The quantitative estimate of drug-likeness (QED) is 0.642. The van der Waals surface area contributed by atoms with Crippen molar-refractivity contribution in [2.24, 2.45) is 0 Å². The Morgan fingerprint density at radius 1 is 1.64 bits per heavy atom. The topological polar surface area (TPSA) is 79.5 Å². The number of carboxylic acids is 1. The molecular formula is C5H7N3O3. The molecule has 0 aliphatic carbocycles. The highest BCUT2D eigenvalue weighted by Crippen LogP contribution is 2.04. The fourth-order valence-electron chi connectivity index (χ4n) is 0.484. The maximum atomic E-state index is 10.2. The predicted molar refractivity (Wildman–Crippen MR) is 35.6 cm³/mol. The van der Waals surface area contributed by atoms with Crippen molar-refractivity contribution in [3.8, 4) is 0 Å². The minimum Gasteiger partial charge on any atom is -0.474 e. The summed E-state index contributed by atoms with van der Waals surface area (Å²) in [5.74, 6) is -1.36. The van der Waals surface area contributed by atoms with Crippen LogP contribution in [0.3, 0.4) is 0 Å². The first-order valence-electron chi connectivity index (χ1n) is 2.85. The molecule has 11 heavy (non-hydrogen) atoms. The van der Waals surface area contributed by atoms with Crippen LogP contribution in [0.25, 0.3) is 0 Å². The molecule has 0 saturated heterocycles. The Kier molecular flexibility index (Phi) is 1.75. The van der Waals surface area contributed by atoms with Gasteiger partial charge in [0.05, 0.1) is 0 Å². The Balaban J connectivity index is 2.90. The van der Waals surface area contributed by atoms with Crippen LogP contribution in [-0.4, -0.2) is 35.3 Å². The van der Waals surface area contributed by atoms with Crippen molar-refractivity contribution in [2.75, 3.05) is 19.0 Å². The van der Waals surface area contributed by atoms with E-state index >= 15 is 0 Å². The van der Waals surface area contributed by atoms with Crippen LogP contribution in [0.5, 0.6) is 0 Å². The van der Waals surface area contributed by atoms with E-state index in [9.17, 15) is 4.79 Å².